The van der Waals surface area contributed by atoms with E-state index in [1.165, 1.54) is 29.4 Å². The molecule has 0 spiro atoms. The maximum Gasteiger partial charge on any atom is 0.155 e. The molecule has 2 saturated carbocycles. The highest BCUT2D eigenvalue weighted by molar-refractivity contribution is 6.07. The molecule has 3 fully saturated rings. The first-order chi connectivity index (χ1) is 16.0. The molecule has 2 aromatic heterocycles. The van der Waals surface area contributed by atoms with Crippen molar-refractivity contribution in [1.29, 1.82) is 0 Å². The van der Waals surface area contributed by atoms with Crippen LogP contribution in [0.15, 0.2) is 47.4 Å². The highest BCUT2D eigenvalue weighted by atomic mass is 15.2. The summed E-state index contributed by atoms with van der Waals surface area (Å²) in [6.07, 6.45) is 14.2. The number of allylic oxidation sites excluding steroid dienone is 3. The summed E-state index contributed by atoms with van der Waals surface area (Å²) in [6.45, 7) is 14.7. The Kier molecular flexibility index (Phi) is 5.87. The molecule has 172 valence electrons. The summed E-state index contributed by atoms with van der Waals surface area (Å²) >= 11 is 0. The molecule has 5 rings (SSSR count). The van der Waals surface area contributed by atoms with Crippen molar-refractivity contribution in [2.45, 2.75) is 52.4 Å². The van der Waals surface area contributed by atoms with Gasteiger partial charge in [0, 0.05) is 55.1 Å². The lowest BCUT2D eigenvalue weighted by Crippen LogP contribution is -2.44. The number of anilines is 1. The lowest BCUT2D eigenvalue weighted by Gasteiger charge is -2.36. The van der Waals surface area contributed by atoms with Gasteiger partial charge >= 0.3 is 0 Å². The average molecular weight is 443 g/mol. The number of fused-ring (bicyclic) bond motifs is 1. The van der Waals surface area contributed by atoms with Gasteiger partial charge in [0.25, 0.3) is 0 Å². The van der Waals surface area contributed by atoms with Gasteiger partial charge in [-0.15, -0.1) is 0 Å². The molecule has 33 heavy (non-hydrogen) atoms. The molecule has 3 heterocycles. The van der Waals surface area contributed by atoms with E-state index in [-0.39, 0.29) is 5.41 Å². The topological polar surface area (TPSA) is 66.3 Å². The van der Waals surface area contributed by atoms with Crippen molar-refractivity contribution in [2.75, 3.05) is 31.1 Å². The van der Waals surface area contributed by atoms with Crippen LogP contribution in [0, 0.1) is 5.41 Å². The molecule has 0 aromatic carbocycles. The van der Waals surface area contributed by atoms with Crippen LogP contribution in [-0.4, -0.2) is 46.8 Å². The monoisotopic (exact) mass is 442 g/mol. The van der Waals surface area contributed by atoms with Crippen molar-refractivity contribution < 1.29 is 0 Å². The van der Waals surface area contributed by atoms with E-state index in [1.807, 2.05) is 31.6 Å². The van der Waals surface area contributed by atoms with Crippen molar-refractivity contribution in [3.8, 4) is 0 Å². The summed E-state index contributed by atoms with van der Waals surface area (Å²) in [7, 11) is 0. The first-order valence-corrected chi connectivity index (χ1v) is 12.2. The minimum Gasteiger partial charge on any atom is -0.353 e. The highest BCUT2D eigenvalue weighted by Crippen LogP contribution is 2.45. The van der Waals surface area contributed by atoms with Crippen molar-refractivity contribution in [1.82, 2.24) is 20.3 Å². The van der Waals surface area contributed by atoms with Gasteiger partial charge in [-0.3, -0.25) is 9.98 Å². The molecule has 0 atom stereocenters. The second-order valence-electron chi connectivity index (χ2n) is 9.88. The van der Waals surface area contributed by atoms with Gasteiger partial charge in [-0.25, -0.2) is 9.97 Å². The molecule has 0 bridgehead atoms. The summed E-state index contributed by atoms with van der Waals surface area (Å²) in [4.78, 5) is 21.9. The average Bonchev–Trinajstić information content (AvgIpc) is 3.67. The first kappa shape index (κ1) is 22.0. The predicted octanol–water partition coefficient (Wildman–Crippen LogP) is 5.05. The van der Waals surface area contributed by atoms with Crippen LogP contribution in [0.1, 0.15) is 63.8 Å². The fourth-order valence-corrected chi connectivity index (χ4v) is 4.94. The molecular weight excluding hydrogens is 408 g/mol. The molecule has 2 aliphatic carbocycles. The standard InChI is InChI=1S/C27H34N6/c1-5-10-30-22-9-6-18(2)27(3,4)21(22)15-24-31-23-17-29-16-20(19-7-8-19)25(23)26(32-24)33-13-11-28-12-14-33/h5,10,15-17,19,28H,2,6-9,11-14H2,1,3-4H3/b10-5-,21-15-,30-22+. The molecule has 2 aromatic rings. The largest absolute Gasteiger partial charge is 0.353 e. The maximum atomic E-state index is 5.18. The van der Waals surface area contributed by atoms with E-state index in [9.17, 15) is 0 Å². The van der Waals surface area contributed by atoms with Gasteiger partial charge in [0.15, 0.2) is 5.82 Å². The second kappa shape index (κ2) is 8.82. The van der Waals surface area contributed by atoms with E-state index in [2.05, 4.69) is 41.7 Å². The zero-order valence-corrected chi connectivity index (χ0v) is 20.1. The Morgan fingerprint density at radius 3 is 2.67 bits per heavy atom. The first-order valence-electron chi connectivity index (χ1n) is 12.2. The Morgan fingerprint density at radius 1 is 1.15 bits per heavy atom. The van der Waals surface area contributed by atoms with Crippen LogP contribution in [0.4, 0.5) is 5.82 Å². The van der Waals surface area contributed by atoms with E-state index in [4.69, 9.17) is 15.0 Å². The quantitative estimate of drug-likeness (QED) is 0.672. The summed E-state index contributed by atoms with van der Waals surface area (Å²) < 4.78 is 0. The summed E-state index contributed by atoms with van der Waals surface area (Å²) in [6, 6.07) is 0. The fourth-order valence-electron chi connectivity index (χ4n) is 4.94. The van der Waals surface area contributed by atoms with Crippen LogP contribution in [0.2, 0.25) is 0 Å². The number of nitrogens with zero attached hydrogens (tertiary/aromatic N) is 5. The predicted molar refractivity (Wildman–Crippen MR) is 137 cm³/mol. The zero-order valence-electron chi connectivity index (χ0n) is 20.1. The van der Waals surface area contributed by atoms with Crippen LogP contribution in [-0.2, 0) is 0 Å². The molecule has 1 aliphatic heterocycles. The molecule has 1 N–H and O–H groups in total. The number of pyridine rings is 1. The number of hydrogen-bond acceptors (Lipinski definition) is 6. The van der Waals surface area contributed by atoms with Gasteiger partial charge in [-0.05, 0) is 55.7 Å². The Morgan fingerprint density at radius 2 is 1.94 bits per heavy atom. The highest BCUT2D eigenvalue weighted by Gasteiger charge is 2.34. The molecule has 6 nitrogen and oxygen atoms in total. The number of aliphatic imine (C=N–C) groups is 1. The summed E-state index contributed by atoms with van der Waals surface area (Å²) in [5, 5.41) is 4.65. The summed E-state index contributed by atoms with van der Waals surface area (Å²) in [5.41, 5.74) is 5.56. The lowest BCUT2D eigenvalue weighted by molar-refractivity contribution is 0.523. The fraction of sp³-hybridized carbons (Fsp3) is 0.481. The van der Waals surface area contributed by atoms with Crippen molar-refractivity contribution >= 4 is 28.5 Å². The molecule has 0 amide bonds. The number of hydrogen-bond donors (Lipinski definition) is 1. The number of piperazine rings is 1. The smallest absolute Gasteiger partial charge is 0.155 e. The van der Waals surface area contributed by atoms with Gasteiger partial charge in [-0.2, -0.15) is 0 Å². The molecular formula is C27H34N6. The van der Waals surface area contributed by atoms with Crippen LogP contribution in [0.25, 0.3) is 17.0 Å². The third-order valence-corrected chi connectivity index (χ3v) is 7.25. The van der Waals surface area contributed by atoms with Crippen LogP contribution in [0.5, 0.6) is 0 Å². The minimum atomic E-state index is -0.180. The zero-order chi connectivity index (χ0) is 23.0. The Bertz CT molecular complexity index is 1160. The SMILES string of the molecule is C=C1CCC(=N\C=C/C)/C(=C/c2nc(N3CCNCC3)c3c(C4CC4)cncc3n2)C1(C)C. The van der Waals surface area contributed by atoms with Crippen molar-refractivity contribution in [3.05, 3.63) is 53.8 Å². The van der Waals surface area contributed by atoms with Gasteiger partial charge in [0.1, 0.15) is 5.82 Å². The van der Waals surface area contributed by atoms with Gasteiger partial charge in [-0.1, -0.05) is 32.1 Å². The molecule has 0 radical (unpaired) electrons. The Labute approximate surface area is 196 Å². The van der Waals surface area contributed by atoms with Crippen molar-refractivity contribution in [2.24, 2.45) is 10.4 Å². The maximum absolute atomic E-state index is 5.18. The number of nitrogens with one attached hydrogen (secondary N) is 1. The van der Waals surface area contributed by atoms with Crippen LogP contribution >= 0.6 is 0 Å². The minimum absolute atomic E-state index is 0.180. The van der Waals surface area contributed by atoms with Crippen molar-refractivity contribution in [3.63, 3.8) is 0 Å². The van der Waals surface area contributed by atoms with Crippen LogP contribution < -0.4 is 10.2 Å². The molecule has 3 aliphatic rings. The molecule has 0 unspecified atom stereocenters. The Hall–Kier alpha value is -2.86. The molecule has 1 saturated heterocycles. The normalized spacial score (nSPS) is 23.8. The van der Waals surface area contributed by atoms with Gasteiger partial charge in [0.05, 0.1) is 11.7 Å². The van der Waals surface area contributed by atoms with Crippen LogP contribution in [0.3, 0.4) is 0 Å². The summed E-state index contributed by atoms with van der Waals surface area (Å²) in [5.74, 6) is 2.38. The third kappa shape index (κ3) is 4.24. The lowest BCUT2D eigenvalue weighted by atomic mass is 9.69. The molecule has 6 heteroatoms. The van der Waals surface area contributed by atoms with Gasteiger partial charge in [0.2, 0.25) is 0 Å². The Balaban J connectivity index is 1.69. The van der Waals surface area contributed by atoms with E-state index in [1.54, 1.807) is 0 Å². The third-order valence-electron chi connectivity index (χ3n) is 7.25. The van der Waals surface area contributed by atoms with E-state index in [0.717, 1.165) is 67.5 Å². The number of aromatic nitrogens is 3. The second-order valence-corrected chi connectivity index (χ2v) is 9.88. The van der Waals surface area contributed by atoms with E-state index in [0.29, 0.717) is 5.92 Å². The van der Waals surface area contributed by atoms with E-state index >= 15 is 0 Å². The number of rotatable bonds is 4. The van der Waals surface area contributed by atoms with Gasteiger partial charge < -0.3 is 10.2 Å². The van der Waals surface area contributed by atoms with E-state index < -0.39 is 0 Å².